The molecule has 0 unspecified atom stereocenters. The molecule has 0 radical (unpaired) electrons. The first-order valence-corrected chi connectivity index (χ1v) is 8.99. The van der Waals surface area contributed by atoms with E-state index in [4.69, 9.17) is 15.4 Å². The first-order valence-electron chi connectivity index (χ1n) is 5.89. The van der Waals surface area contributed by atoms with Gasteiger partial charge in [-0.15, -0.1) is 0 Å². The zero-order valence-corrected chi connectivity index (χ0v) is 14.0. The van der Waals surface area contributed by atoms with Crippen LogP contribution in [0.2, 0.25) is 0 Å². The Morgan fingerprint density at radius 3 is 2.81 bits per heavy atom. The molecule has 1 aromatic heterocycles. The number of rotatable bonds is 5. The zero-order chi connectivity index (χ0) is 15.6. The number of hydrogen-bond donors (Lipinski definition) is 0. The van der Waals surface area contributed by atoms with Gasteiger partial charge in [-0.3, -0.25) is 0 Å². The van der Waals surface area contributed by atoms with E-state index >= 15 is 0 Å². The van der Waals surface area contributed by atoms with E-state index in [0.29, 0.717) is 5.82 Å². The SMILES string of the molecule is CCn1ccnc1COc1cc(F)c(S(=O)(=O)Cl)cc1Br. The van der Waals surface area contributed by atoms with Crippen molar-refractivity contribution in [2.24, 2.45) is 0 Å². The highest BCUT2D eigenvalue weighted by molar-refractivity contribution is 9.10. The van der Waals surface area contributed by atoms with Gasteiger partial charge in [0.15, 0.2) is 0 Å². The Bertz CT molecular complexity index is 764. The van der Waals surface area contributed by atoms with Crippen molar-refractivity contribution in [3.63, 3.8) is 0 Å². The highest BCUT2D eigenvalue weighted by Gasteiger charge is 2.19. The first-order chi connectivity index (χ1) is 9.82. The molecule has 0 aliphatic heterocycles. The lowest BCUT2D eigenvalue weighted by Gasteiger charge is -2.10. The predicted octanol–water partition coefficient (Wildman–Crippen LogP) is 3.31. The summed E-state index contributed by atoms with van der Waals surface area (Å²) in [7, 11) is 0.997. The Kier molecular flexibility index (Phi) is 4.90. The number of aryl methyl sites for hydroxylation is 1. The summed E-state index contributed by atoms with van der Waals surface area (Å²) < 4.78 is 43.8. The maximum absolute atomic E-state index is 13.8. The van der Waals surface area contributed by atoms with Gasteiger partial charge in [0.2, 0.25) is 0 Å². The van der Waals surface area contributed by atoms with Crippen molar-refractivity contribution >= 4 is 35.7 Å². The third-order valence-electron chi connectivity index (χ3n) is 2.75. The number of hydrogen-bond acceptors (Lipinski definition) is 4. The van der Waals surface area contributed by atoms with Crippen molar-refractivity contribution in [3.05, 3.63) is 40.6 Å². The van der Waals surface area contributed by atoms with Crippen LogP contribution >= 0.6 is 26.6 Å². The number of aromatic nitrogens is 2. The van der Waals surface area contributed by atoms with Gasteiger partial charge < -0.3 is 9.30 Å². The number of nitrogens with zero attached hydrogens (tertiary/aromatic N) is 2. The largest absolute Gasteiger partial charge is 0.484 e. The van der Waals surface area contributed by atoms with Crippen LogP contribution in [0.3, 0.4) is 0 Å². The molecule has 5 nitrogen and oxygen atoms in total. The summed E-state index contributed by atoms with van der Waals surface area (Å²) in [6.07, 6.45) is 3.44. The summed E-state index contributed by atoms with van der Waals surface area (Å²) in [5.41, 5.74) is 0. The van der Waals surface area contributed by atoms with Gasteiger partial charge in [-0.2, -0.15) is 0 Å². The molecule has 0 N–H and O–H groups in total. The van der Waals surface area contributed by atoms with Crippen LogP contribution in [0, 0.1) is 5.82 Å². The van der Waals surface area contributed by atoms with Gasteiger partial charge in [0, 0.05) is 35.7 Å². The molecule has 114 valence electrons. The Morgan fingerprint density at radius 2 is 2.19 bits per heavy atom. The monoisotopic (exact) mass is 396 g/mol. The van der Waals surface area contributed by atoms with Gasteiger partial charge >= 0.3 is 0 Å². The normalized spacial score (nSPS) is 11.6. The summed E-state index contributed by atoms with van der Waals surface area (Å²) in [6.45, 7) is 2.82. The van der Waals surface area contributed by atoms with E-state index in [1.54, 1.807) is 12.4 Å². The fourth-order valence-corrected chi connectivity index (χ4v) is 3.23. The quantitative estimate of drug-likeness (QED) is 0.726. The molecule has 1 aromatic carbocycles. The van der Waals surface area contributed by atoms with Crippen molar-refractivity contribution in [2.45, 2.75) is 25.0 Å². The van der Waals surface area contributed by atoms with Crippen molar-refractivity contribution in [2.75, 3.05) is 0 Å². The van der Waals surface area contributed by atoms with Gasteiger partial charge in [-0.25, -0.2) is 17.8 Å². The fourth-order valence-electron chi connectivity index (χ4n) is 1.72. The van der Waals surface area contributed by atoms with Crippen molar-refractivity contribution in [3.8, 4) is 5.75 Å². The van der Waals surface area contributed by atoms with Crippen LogP contribution in [0.1, 0.15) is 12.7 Å². The molecule has 0 fully saturated rings. The second-order valence-corrected chi connectivity index (χ2v) is 7.46. The van der Waals surface area contributed by atoms with Crippen LogP contribution in [0.4, 0.5) is 4.39 Å². The predicted molar refractivity (Wildman–Crippen MR) is 79.4 cm³/mol. The van der Waals surface area contributed by atoms with Crippen LogP contribution < -0.4 is 4.74 Å². The third kappa shape index (κ3) is 3.75. The maximum atomic E-state index is 13.8. The molecule has 9 heteroatoms. The molecule has 0 spiro atoms. The Morgan fingerprint density at radius 1 is 1.48 bits per heavy atom. The Labute approximate surface area is 134 Å². The molecule has 0 aliphatic rings. The lowest BCUT2D eigenvalue weighted by molar-refractivity contribution is 0.286. The average molecular weight is 398 g/mol. The number of ether oxygens (including phenoxy) is 1. The topological polar surface area (TPSA) is 61.2 Å². The summed E-state index contributed by atoms with van der Waals surface area (Å²) in [4.78, 5) is 3.52. The Hall–Kier alpha value is -1.12. The molecule has 1 heterocycles. The van der Waals surface area contributed by atoms with E-state index in [2.05, 4.69) is 20.9 Å². The number of imidazole rings is 1. The minimum Gasteiger partial charge on any atom is -0.484 e. The van der Waals surface area contributed by atoms with Crippen LogP contribution in [0.5, 0.6) is 5.75 Å². The summed E-state index contributed by atoms with van der Waals surface area (Å²) in [5, 5.41) is 0. The van der Waals surface area contributed by atoms with E-state index in [-0.39, 0.29) is 16.8 Å². The zero-order valence-electron chi connectivity index (χ0n) is 10.9. The molecule has 0 saturated heterocycles. The highest BCUT2D eigenvalue weighted by Crippen LogP contribution is 2.32. The summed E-state index contributed by atoms with van der Waals surface area (Å²) in [6, 6.07) is 2.04. The molecule has 0 bridgehead atoms. The molecule has 2 aromatic rings. The minimum atomic E-state index is -4.15. The standard InChI is InChI=1S/C12H11BrClFN2O3S/c1-2-17-4-3-16-12(17)7-20-10-6-9(15)11(5-8(10)13)21(14,18)19/h3-6H,2,7H2,1H3. The van der Waals surface area contributed by atoms with Gasteiger partial charge in [-0.05, 0) is 28.9 Å². The molecule has 2 rings (SSSR count). The van der Waals surface area contributed by atoms with E-state index < -0.39 is 19.8 Å². The van der Waals surface area contributed by atoms with E-state index in [0.717, 1.165) is 18.7 Å². The number of halogens is 3. The first kappa shape index (κ1) is 16.3. The van der Waals surface area contributed by atoms with Crippen LogP contribution in [-0.2, 0) is 22.2 Å². The molecule has 0 aliphatic carbocycles. The van der Waals surface area contributed by atoms with E-state index in [9.17, 15) is 12.8 Å². The van der Waals surface area contributed by atoms with Crippen LogP contribution in [0.15, 0.2) is 33.9 Å². The molecular formula is C12H11BrClFN2O3S. The maximum Gasteiger partial charge on any atom is 0.264 e. The van der Waals surface area contributed by atoms with Gasteiger partial charge in [0.05, 0.1) is 4.47 Å². The minimum absolute atomic E-state index is 0.131. The van der Waals surface area contributed by atoms with Crippen molar-refractivity contribution < 1.29 is 17.5 Å². The second-order valence-electron chi connectivity index (χ2n) is 4.07. The average Bonchev–Trinajstić information content (AvgIpc) is 2.85. The van der Waals surface area contributed by atoms with Crippen molar-refractivity contribution in [1.82, 2.24) is 9.55 Å². The van der Waals surface area contributed by atoms with Gasteiger partial charge in [0.25, 0.3) is 9.05 Å². The van der Waals surface area contributed by atoms with Crippen molar-refractivity contribution in [1.29, 1.82) is 0 Å². The molecular weight excluding hydrogens is 387 g/mol. The van der Waals surface area contributed by atoms with Gasteiger partial charge in [0.1, 0.15) is 28.9 Å². The van der Waals surface area contributed by atoms with E-state index in [1.165, 1.54) is 0 Å². The molecule has 0 atom stereocenters. The smallest absolute Gasteiger partial charge is 0.264 e. The molecule has 0 saturated carbocycles. The molecule has 21 heavy (non-hydrogen) atoms. The summed E-state index contributed by atoms with van der Waals surface area (Å²) in [5.74, 6) is -0.122. The van der Waals surface area contributed by atoms with Gasteiger partial charge in [-0.1, -0.05) is 0 Å². The third-order valence-corrected chi connectivity index (χ3v) is 4.70. The van der Waals surface area contributed by atoms with Crippen LogP contribution in [0.25, 0.3) is 0 Å². The van der Waals surface area contributed by atoms with E-state index in [1.807, 2.05) is 11.5 Å². The lowest BCUT2D eigenvalue weighted by atomic mass is 10.3. The molecule has 0 amide bonds. The highest BCUT2D eigenvalue weighted by atomic mass is 79.9. The number of benzene rings is 1. The lowest BCUT2D eigenvalue weighted by Crippen LogP contribution is -2.06. The fraction of sp³-hybridized carbons (Fsp3) is 0.250. The van der Waals surface area contributed by atoms with Crippen LogP contribution in [-0.4, -0.2) is 18.0 Å². The summed E-state index contributed by atoms with van der Waals surface area (Å²) >= 11 is 3.13. The Balaban J connectivity index is 2.24. The second kappa shape index (κ2) is 6.33.